The number of nitro groups is 1. The van der Waals surface area contributed by atoms with Gasteiger partial charge in [0.05, 0.1) is 17.4 Å². The minimum Gasteiger partial charge on any atom is -0.448 e. The first-order chi connectivity index (χ1) is 5.88. The van der Waals surface area contributed by atoms with Crippen LogP contribution in [0.2, 0.25) is 0 Å². The molecule has 0 saturated heterocycles. The molecule has 0 spiro atoms. The number of halogens is 3. The molecule has 0 fully saturated rings. The van der Waals surface area contributed by atoms with Gasteiger partial charge in [0, 0.05) is 6.44 Å². The largest absolute Gasteiger partial charge is 1.00 e. The maximum absolute atomic E-state index is 11.8. The van der Waals surface area contributed by atoms with Crippen molar-refractivity contribution >= 4 is 12.8 Å². The van der Waals surface area contributed by atoms with E-state index in [0.29, 0.717) is 4.68 Å². The van der Waals surface area contributed by atoms with E-state index in [1.165, 1.54) is 0 Å². The van der Waals surface area contributed by atoms with Gasteiger partial charge in [-0.3, -0.25) is 0 Å². The van der Waals surface area contributed by atoms with Gasteiger partial charge in [-0.25, -0.2) is 4.68 Å². The van der Waals surface area contributed by atoms with Crippen molar-refractivity contribution in [1.82, 2.24) is 9.78 Å². The third kappa shape index (κ3) is 4.55. The van der Waals surface area contributed by atoms with E-state index < -0.39 is 24.2 Å². The van der Waals surface area contributed by atoms with Crippen molar-refractivity contribution in [3.8, 4) is 0 Å². The van der Waals surface area contributed by atoms with Gasteiger partial charge in [-0.1, -0.05) is 0 Å². The second-order valence-electron chi connectivity index (χ2n) is 2.36. The van der Waals surface area contributed by atoms with Crippen molar-refractivity contribution in [2.75, 3.05) is 0 Å². The summed E-state index contributed by atoms with van der Waals surface area (Å²) in [5.41, 5.74) is 0. The molecule has 0 aliphatic heterocycles. The average molecular weight is 233 g/mol. The van der Waals surface area contributed by atoms with Crippen LogP contribution in [0, 0.1) is 10.1 Å². The van der Waals surface area contributed by atoms with Gasteiger partial charge in [0.25, 0.3) is 0 Å². The second kappa shape index (κ2) is 5.26. The average Bonchev–Trinajstić information content (AvgIpc) is 2.31. The van der Waals surface area contributed by atoms with E-state index in [9.17, 15) is 23.1 Å². The number of hydrogen-bond acceptors (Lipinski definition) is 3. The SMILES string of the molecule is O=[N+]([O-])c1ccn(C[B-](F)(F)F)n1.[K+]. The van der Waals surface area contributed by atoms with Gasteiger partial charge in [0.15, 0.2) is 0 Å². The Kier molecular flexibility index (Phi) is 5.30. The van der Waals surface area contributed by atoms with E-state index in [4.69, 9.17) is 0 Å². The number of hydrogen-bond donors (Lipinski definition) is 0. The van der Waals surface area contributed by atoms with E-state index >= 15 is 0 Å². The van der Waals surface area contributed by atoms with Crippen LogP contribution >= 0.6 is 0 Å². The fourth-order valence-corrected chi connectivity index (χ4v) is 0.762. The van der Waals surface area contributed by atoms with E-state index in [0.717, 1.165) is 12.3 Å². The molecule has 1 aromatic heterocycles. The van der Waals surface area contributed by atoms with Gasteiger partial charge in [-0.2, -0.15) is 0 Å². The maximum atomic E-state index is 11.8. The predicted molar refractivity (Wildman–Crippen MR) is 38.0 cm³/mol. The Hall–Kier alpha value is 0.101. The molecular weight excluding hydrogens is 229 g/mol. The molecule has 1 rings (SSSR count). The Bertz CT molecular complexity index is 328. The van der Waals surface area contributed by atoms with Crippen LogP contribution in [0.3, 0.4) is 0 Å². The van der Waals surface area contributed by atoms with Crippen molar-refractivity contribution in [3.05, 3.63) is 22.4 Å². The predicted octanol–water partition coefficient (Wildman–Crippen LogP) is -1.82. The standard InChI is InChI=1S/C4H4BF3N3O2.K/c6-5(7,8)3-10-2-1-4(9-10)11(12)13;/h1-2H,3H2;/q-1;+1. The van der Waals surface area contributed by atoms with Crippen molar-refractivity contribution in [3.63, 3.8) is 0 Å². The Morgan fingerprint density at radius 2 is 2.14 bits per heavy atom. The van der Waals surface area contributed by atoms with Crippen LogP contribution in [0.1, 0.15) is 0 Å². The summed E-state index contributed by atoms with van der Waals surface area (Å²) in [4.78, 5) is 9.19. The van der Waals surface area contributed by atoms with Crippen molar-refractivity contribution in [2.45, 2.75) is 6.44 Å². The normalized spacial score (nSPS) is 10.8. The molecule has 0 aliphatic carbocycles. The summed E-state index contributed by atoms with van der Waals surface area (Å²) in [6.45, 7) is -5.01. The summed E-state index contributed by atoms with van der Waals surface area (Å²) in [7, 11) is 0. The molecule has 0 aliphatic rings. The van der Waals surface area contributed by atoms with Crippen molar-refractivity contribution < 1.29 is 69.3 Å². The summed E-state index contributed by atoms with van der Waals surface area (Å²) < 4.78 is 35.8. The molecular formula is C4H4BF3KN3O2. The first-order valence-corrected chi connectivity index (χ1v) is 3.27. The van der Waals surface area contributed by atoms with Gasteiger partial charge >= 0.3 is 64.2 Å². The number of rotatable bonds is 3. The molecule has 5 nitrogen and oxygen atoms in total. The first-order valence-electron chi connectivity index (χ1n) is 3.27. The summed E-state index contributed by atoms with van der Waals surface area (Å²) in [6.07, 6.45) is -0.332. The quantitative estimate of drug-likeness (QED) is 0.351. The van der Waals surface area contributed by atoms with Gasteiger partial charge in [-0.05, 0) is 4.92 Å². The Morgan fingerprint density at radius 1 is 1.57 bits per heavy atom. The van der Waals surface area contributed by atoms with Crippen LogP contribution in [0.25, 0.3) is 0 Å². The van der Waals surface area contributed by atoms with Gasteiger partial charge in [0.2, 0.25) is 0 Å². The van der Waals surface area contributed by atoms with Crippen LogP contribution in [-0.4, -0.2) is 21.7 Å². The molecule has 0 N–H and O–H groups in total. The molecule has 1 aromatic rings. The minimum absolute atomic E-state index is 0. The molecule has 0 aromatic carbocycles. The Labute approximate surface area is 119 Å². The van der Waals surface area contributed by atoms with Crippen LogP contribution in [-0.2, 0) is 6.44 Å². The third-order valence-electron chi connectivity index (χ3n) is 1.21. The molecule has 0 radical (unpaired) electrons. The number of aromatic nitrogens is 2. The van der Waals surface area contributed by atoms with Crippen molar-refractivity contribution in [1.29, 1.82) is 0 Å². The van der Waals surface area contributed by atoms with Crippen LogP contribution < -0.4 is 51.4 Å². The number of nitrogens with zero attached hydrogens (tertiary/aromatic N) is 3. The molecule has 10 heteroatoms. The van der Waals surface area contributed by atoms with Crippen LogP contribution in [0.4, 0.5) is 18.8 Å². The molecule has 0 saturated carbocycles. The van der Waals surface area contributed by atoms with E-state index in [-0.39, 0.29) is 51.4 Å². The summed E-state index contributed by atoms with van der Waals surface area (Å²) in [6, 6.07) is 0.918. The zero-order valence-corrected chi connectivity index (χ0v) is 10.4. The molecule has 0 atom stereocenters. The third-order valence-corrected chi connectivity index (χ3v) is 1.21. The van der Waals surface area contributed by atoms with E-state index in [1.807, 2.05) is 0 Å². The topological polar surface area (TPSA) is 61.0 Å². The molecule has 72 valence electrons. The fourth-order valence-electron chi connectivity index (χ4n) is 0.762. The second-order valence-corrected chi connectivity index (χ2v) is 2.36. The minimum atomic E-state index is -5.01. The van der Waals surface area contributed by atoms with Crippen LogP contribution in [0.5, 0.6) is 0 Å². The van der Waals surface area contributed by atoms with Gasteiger partial charge in [-0.15, -0.1) is 0 Å². The molecule has 14 heavy (non-hydrogen) atoms. The zero-order chi connectivity index (χ0) is 10.1. The first kappa shape index (κ1) is 14.1. The zero-order valence-electron chi connectivity index (χ0n) is 7.23. The summed E-state index contributed by atoms with van der Waals surface area (Å²) in [5, 5.41) is 13.1. The Morgan fingerprint density at radius 3 is 2.50 bits per heavy atom. The smallest absolute Gasteiger partial charge is 0.448 e. The molecule has 0 unspecified atom stereocenters. The van der Waals surface area contributed by atoms with Crippen LogP contribution in [0.15, 0.2) is 12.3 Å². The van der Waals surface area contributed by atoms with Crippen molar-refractivity contribution in [2.24, 2.45) is 0 Å². The maximum Gasteiger partial charge on any atom is 1.00 e. The fraction of sp³-hybridized carbons (Fsp3) is 0.250. The Balaban J connectivity index is 0.00000169. The van der Waals surface area contributed by atoms with E-state index in [1.54, 1.807) is 0 Å². The summed E-state index contributed by atoms with van der Waals surface area (Å²) >= 11 is 0. The molecule has 1 heterocycles. The van der Waals surface area contributed by atoms with Gasteiger partial charge in [0.1, 0.15) is 0 Å². The van der Waals surface area contributed by atoms with Gasteiger partial charge < -0.3 is 23.1 Å². The monoisotopic (exact) mass is 233 g/mol. The van der Waals surface area contributed by atoms with E-state index in [2.05, 4.69) is 5.10 Å². The summed E-state index contributed by atoms with van der Waals surface area (Å²) in [5.74, 6) is -0.583. The molecule has 0 amide bonds. The molecule has 0 bridgehead atoms.